The van der Waals surface area contributed by atoms with Gasteiger partial charge in [-0.3, -0.25) is 0 Å². The molecule has 1 nitrogen and oxygen atoms in total. The molecule has 2 atom stereocenters. The van der Waals surface area contributed by atoms with Crippen molar-refractivity contribution in [3.8, 4) is 0 Å². The zero-order chi connectivity index (χ0) is 13.0. The lowest BCUT2D eigenvalue weighted by atomic mass is 9.95. The zero-order valence-electron chi connectivity index (χ0n) is 10.1. The predicted octanol–water partition coefficient (Wildman–Crippen LogP) is 3.36. The fourth-order valence-corrected chi connectivity index (χ4v) is 2.60. The van der Waals surface area contributed by atoms with Crippen LogP contribution in [0.4, 0.5) is 13.2 Å². The van der Waals surface area contributed by atoms with E-state index in [1.165, 1.54) is 6.07 Å². The molecule has 0 radical (unpaired) electrons. The predicted molar refractivity (Wildman–Crippen MR) is 65.7 cm³/mol. The molecule has 0 fully saturated rings. The van der Waals surface area contributed by atoms with Gasteiger partial charge in [-0.05, 0) is 31.0 Å². The summed E-state index contributed by atoms with van der Waals surface area (Å²) in [6.07, 6.45) is 1.95. The highest BCUT2D eigenvalue weighted by Gasteiger charge is 2.23. The van der Waals surface area contributed by atoms with Crippen LogP contribution in [0.15, 0.2) is 12.1 Å². The van der Waals surface area contributed by atoms with Crippen molar-refractivity contribution >= 4 is 11.8 Å². The van der Waals surface area contributed by atoms with E-state index in [0.717, 1.165) is 11.8 Å². The topological polar surface area (TPSA) is 12.0 Å². The third-order valence-corrected chi connectivity index (χ3v) is 3.57. The molecule has 1 rings (SSSR count). The molecule has 17 heavy (non-hydrogen) atoms. The van der Waals surface area contributed by atoms with Crippen LogP contribution in [0, 0.1) is 23.4 Å². The summed E-state index contributed by atoms with van der Waals surface area (Å²) >= 11 is 1.63. The minimum absolute atomic E-state index is 0.120. The number of hydrogen-bond acceptors (Lipinski definition) is 2. The lowest BCUT2D eigenvalue weighted by Gasteiger charge is -2.24. The van der Waals surface area contributed by atoms with Crippen LogP contribution in [-0.4, -0.2) is 19.1 Å². The summed E-state index contributed by atoms with van der Waals surface area (Å²) in [7, 11) is 1.68. The second kappa shape index (κ2) is 6.31. The van der Waals surface area contributed by atoms with E-state index in [9.17, 15) is 13.2 Å². The fourth-order valence-electron chi connectivity index (χ4n) is 1.89. The van der Waals surface area contributed by atoms with Gasteiger partial charge in [0.1, 0.15) is 0 Å². The Morgan fingerprint density at radius 2 is 1.88 bits per heavy atom. The lowest BCUT2D eigenvalue weighted by molar-refractivity contribution is 0.397. The summed E-state index contributed by atoms with van der Waals surface area (Å²) in [6.45, 7) is 1.94. The Hall–Kier alpha value is -0.680. The standard InChI is InChI=1S/C12H16F3NS/c1-7(6-17-3)12(16-2)8-4-5-9(13)11(15)10(8)14/h4-5,7,12,16H,6H2,1-3H3. The van der Waals surface area contributed by atoms with Crippen molar-refractivity contribution in [3.63, 3.8) is 0 Å². The molecule has 5 heteroatoms. The smallest absolute Gasteiger partial charge is 0.194 e. The average Bonchev–Trinajstić information content (AvgIpc) is 2.30. The largest absolute Gasteiger partial charge is 0.313 e. The molecule has 0 amide bonds. The number of thioether (sulfide) groups is 1. The molecule has 0 aliphatic carbocycles. The van der Waals surface area contributed by atoms with Gasteiger partial charge in [0.25, 0.3) is 0 Å². The molecule has 0 aliphatic heterocycles. The molecule has 0 aromatic heterocycles. The Morgan fingerprint density at radius 1 is 1.24 bits per heavy atom. The van der Waals surface area contributed by atoms with Crippen molar-refractivity contribution in [3.05, 3.63) is 35.1 Å². The maximum Gasteiger partial charge on any atom is 0.194 e. The molecule has 1 aromatic carbocycles. The number of hydrogen-bond donors (Lipinski definition) is 1. The number of benzene rings is 1. The fraction of sp³-hybridized carbons (Fsp3) is 0.500. The van der Waals surface area contributed by atoms with E-state index in [0.29, 0.717) is 0 Å². The Balaban J connectivity index is 3.08. The highest BCUT2D eigenvalue weighted by Crippen LogP contribution is 2.28. The number of halogens is 3. The van der Waals surface area contributed by atoms with Crippen LogP contribution in [-0.2, 0) is 0 Å². The summed E-state index contributed by atoms with van der Waals surface area (Å²) < 4.78 is 39.6. The van der Waals surface area contributed by atoms with E-state index in [2.05, 4.69) is 5.32 Å². The summed E-state index contributed by atoms with van der Waals surface area (Å²) in [5, 5.41) is 2.95. The van der Waals surface area contributed by atoms with Crippen molar-refractivity contribution in [2.24, 2.45) is 5.92 Å². The third kappa shape index (κ3) is 3.16. The highest BCUT2D eigenvalue weighted by atomic mass is 32.2. The van der Waals surface area contributed by atoms with Gasteiger partial charge in [0.05, 0.1) is 0 Å². The maximum absolute atomic E-state index is 13.6. The van der Waals surface area contributed by atoms with Crippen molar-refractivity contribution in [2.45, 2.75) is 13.0 Å². The van der Waals surface area contributed by atoms with Gasteiger partial charge in [0.2, 0.25) is 0 Å². The van der Waals surface area contributed by atoms with Crippen molar-refractivity contribution in [1.82, 2.24) is 5.32 Å². The SMILES string of the molecule is CNC(c1ccc(F)c(F)c1F)C(C)CSC. The van der Waals surface area contributed by atoms with Crippen LogP contribution < -0.4 is 5.32 Å². The van der Waals surface area contributed by atoms with E-state index in [1.54, 1.807) is 18.8 Å². The monoisotopic (exact) mass is 263 g/mol. The zero-order valence-corrected chi connectivity index (χ0v) is 10.9. The van der Waals surface area contributed by atoms with Crippen LogP contribution in [0.1, 0.15) is 18.5 Å². The molecule has 0 saturated carbocycles. The van der Waals surface area contributed by atoms with E-state index in [4.69, 9.17) is 0 Å². The molecule has 1 aromatic rings. The van der Waals surface area contributed by atoms with Gasteiger partial charge in [0.15, 0.2) is 17.5 Å². The van der Waals surface area contributed by atoms with Crippen LogP contribution in [0.25, 0.3) is 0 Å². The molecule has 96 valence electrons. The van der Waals surface area contributed by atoms with Gasteiger partial charge in [-0.15, -0.1) is 0 Å². The van der Waals surface area contributed by atoms with Crippen LogP contribution in [0.3, 0.4) is 0 Å². The Morgan fingerprint density at radius 3 is 2.41 bits per heavy atom. The first-order chi connectivity index (χ1) is 8.02. The molecule has 0 spiro atoms. The number of nitrogens with one attached hydrogen (secondary N) is 1. The van der Waals surface area contributed by atoms with Gasteiger partial charge in [-0.25, -0.2) is 13.2 Å². The minimum Gasteiger partial charge on any atom is -0.313 e. The van der Waals surface area contributed by atoms with Crippen molar-refractivity contribution in [2.75, 3.05) is 19.1 Å². The van der Waals surface area contributed by atoms with Gasteiger partial charge in [0, 0.05) is 11.6 Å². The van der Waals surface area contributed by atoms with E-state index < -0.39 is 17.5 Å². The normalized spacial score (nSPS) is 14.7. The Kier molecular flexibility index (Phi) is 5.33. The molecular formula is C12H16F3NS. The molecule has 0 bridgehead atoms. The molecule has 2 unspecified atom stereocenters. The molecule has 0 saturated heterocycles. The molecule has 1 N–H and O–H groups in total. The van der Waals surface area contributed by atoms with Crippen LogP contribution >= 0.6 is 11.8 Å². The molecule has 0 heterocycles. The second-order valence-corrected chi connectivity index (χ2v) is 4.87. The summed E-state index contributed by atoms with van der Waals surface area (Å²) in [4.78, 5) is 0. The summed E-state index contributed by atoms with van der Waals surface area (Å²) in [6, 6.07) is 1.94. The lowest BCUT2D eigenvalue weighted by Crippen LogP contribution is -2.26. The summed E-state index contributed by atoms with van der Waals surface area (Å²) in [5.74, 6) is -2.73. The van der Waals surface area contributed by atoms with E-state index >= 15 is 0 Å². The van der Waals surface area contributed by atoms with Gasteiger partial charge in [-0.2, -0.15) is 11.8 Å². The minimum atomic E-state index is -1.40. The highest BCUT2D eigenvalue weighted by molar-refractivity contribution is 7.98. The van der Waals surface area contributed by atoms with Gasteiger partial charge >= 0.3 is 0 Å². The van der Waals surface area contributed by atoms with E-state index in [1.807, 2.05) is 13.2 Å². The quantitative estimate of drug-likeness (QED) is 0.817. The van der Waals surface area contributed by atoms with E-state index in [-0.39, 0.29) is 17.5 Å². The third-order valence-electron chi connectivity index (χ3n) is 2.71. The average molecular weight is 263 g/mol. The van der Waals surface area contributed by atoms with Gasteiger partial charge in [-0.1, -0.05) is 13.0 Å². The molecular weight excluding hydrogens is 247 g/mol. The first-order valence-electron chi connectivity index (χ1n) is 5.32. The van der Waals surface area contributed by atoms with Crippen molar-refractivity contribution in [1.29, 1.82) is 0 Å². The first-order valence-corrected chi connectivity index (χ1v) is 6.71. The first kappa shape index (κ1) is 14.4. The maximum atomic E-state index is 13.6. The van der Waals surface area contributed by atoms with Crippen LogP contribution in [0.2, 0.25) is 0 Å². The van der Waals surface area contributed by atoms with Crippen molar-refractivity contribution < 1.29 is 13.2 Å². The molecule has 0 aliphatic rings. The van der Waals surface area contributed by atoms with Crippen LogP contribution in [0.5, 0.6) is 0 Å². The summed E-state index contributed by atoms with van der Waals surface area (Å²) in [5.41, 5.74) is 0.174. The van der Waals surface area contributed by atoms with Gasteiger partial charge < -0.3 is 5.32 Å². The number of rotatable bonds is 5. The Labute approximate surface area is 104 Å². The second-order valence-electron chi connectivity index (χ2n) is 3.96. The Bertz CT molecular complexity index is 384.